The topological polar surface area (TPSA) is 55.4 Å². The monoisotopic (exact) mass is 297 g/mol. The zero-order chi connectivity index (χ0) is 14.5. The molecule has 0 atom stereocenters. The van der Waals surface area contributed by atoms with Crippen molar-refractivity contribution in [3.05, 3.63) is 41.4 Å². The molecule has 0 saturated carbocycles. The van der Waals surface area contributed by atoms with Crippen molar-refractivity contribution in [2.75, 3.05) is 5.32 Å². The Kier molecular flexibility index (Phi) is 5.32. The van der Waals surface area contributed by atoms with E-state index in [4.69, 9.17) is 16.0 Å². The average Bonchev–Trinajstić information content (AvgIpc) is 2.27. The van der Waals surface area contributed by atoms with Crippen LogP contribution >= 0.6 is 11.6 Å². The first kappa shape index (κ1) is 15.5. The summed E-state index contributed by atoms with van der Waals surface area (Å²) in [6.07, 6.45) is 2.28. The summed E-state index contributed by atoms with van der Waals surface area (Å²) in [6.45, 7) is 5.69. The number of hydrogen-bond acceptors (Lipinski definition) is 3. The Balaban J connectivity index is 2.51. The van der Waals surface area contributed by atoms with Crippen LogP contribution in [0.4, 0.5) is 5.69 Å². The fourth-order valence-electron chi connectivity index (χ4n) is 1.20. The molecule has 0 bridgehead atoms. The third-order valence-corrected chi connectivity index (χ3v) is 2.95. The number of nitrogens with one attached hydrogen (secondary N) is 1. The number of carbonyl (C=O) groups excluding carboxylic acids is 2. The Morgan fingerprint density at radius 3 is 2.26 bits per heavy atom. The SMILES string of the molecule is C[Si](C)(C)OC(=O)/C=C\C(=O)Nc1ccc(Cl)cc1. The minimum Gasteiger partial charge on any atom is -0.517 e. The van der Waals surface area contributed by atoms with E-state index in [1.54, 1.807) is 24.3 Å². The van der Waals surface area contributed by atoms with Crippen molar-refractivity contribution in [2.45, 2.75) is 19.6 Å². The number of amides is 1. The maximum atomic E-state index is 11.5. The Labute approximate surface area is 118 Å². The van der Waals surface area contributed by atoms with Gasteiger partial charge in [-0.1, -0.05) is 11.6 Å². The minimum absolute atomic E-state index is 0.394. The van der Waals surface area contributed by atoms with Crippen molar-refractivity contribution in [1.29, 1.82) is 0 Å². The van der Waals surface area contributed by atoms with Gasteiger partial charge in [-0.05, 0) is 43.9 Å². The summed E-state index contributed by atoms with van der Waals surface area (Å²) in [6, 6.07) is 6.68. The Hall–Kier alpha value is -1.59. The van der Waals surface area contributed by atoms with Gasteiger partial charge in [-0.15, -0.1) is 0 Å². The molecular formula is C13H16ClNO3Si. The maximum absolute atomic E-state index is 11.5. The summed E-state index contributed by atoms with van der Waals surface area (Å²) in [5.41, 5.74) is 0.609. The molecule has 0 aliphatic rings. The van der Waals surface area contributed by atoms with Crippen LogP contribution in [-0.4, -0.2) is 20.2 Å². The molecule has 1 aromatic carbocycles. The summed E-state index contributed by atoms with van der Waals surface area (Å²) in [7, 11) is -1.92. The summed E-state index contributed by atoms with van der Waals surface area (Å²) in [4.78, 5) is 22.9. The number of carbonyl (C=O) groups is 2. The van der Waals surface area contributed by atoms with Gasteiger partial charge >= 0.3 is 5.97 Å². The molecule has 1 N–H and O–H groups in total. The minimum atomic E-state index is -1.92. The van der Waals surface area contributed by atoms with E-state index in [0.717, 1.165) is 12.2 Å². The summed E-state index contributed by atoms with van der Waals surface area (Å²) < 4.78 is 5.17. The van der Waals surface area contributed by atoms with Crippen LogP contribution in [0.3, 0.4) is 0 Å². The first-order chi connectivity index (χ1) is 8.76. The lowest BCUT2D eigenvalue weighted by Gasteiger charge is -2.15. The van der Waals surface area contributed by atoms with Gasteiger partial charge in [-0.25, -0.2) is 4.79 Å². The molecule has 19 heavy (non-hydrogen) atoms. The van der Waals surface area contributed by atoms with Gasteiger partial charge in [0.15, 0.2) is 0 Å². The third kappa shape index (κ3) is 6.78. The lowest BCUT2D eigenvalue weighted by molar-refractivity contribution is -0.129. The number of benzene rings is 1. The molecule has 0 unspecified atom stereocenters. The van der Waals surface area contributed by atoms with Crippen molar-refractivity contribution in [3.63, 3.8) is 0 Å². The maximum Gasteiger partial charge on any atom is 0.317 e. The van der Waals surface area contributed by atoms with Crippen molar-refractivity contribution in [2.24, 2.45) is 0 Å². The molecule has 1 amide bonds. The second-order valence-electron chi connectivity index (χ2n) is 4.86. The van der Waals surface area contributed by atoms with Crippen LogP contribution in [0.1, 0.15) is 0 Å². The van der Waals surface area contributed by atoms with Gasteiger partial charge in [0, 0.05) is 22.9 Å². The molecule has 4 nitrogen and oxygen atoms in total. The summed E-state index contributed by atoms with van der Waals surface area (Å²) in [5, 5.41) is 3.20. The highest BCUT2D eigenvalue weighted by molar-refractivity contribution is 6.71. The second-order valence-corrected chi connectivity index (χ2v) is 9.73. The first-order valence-electron chi connectivity index (χ1n) is 5.74. The van der Waals surface area contributed by atoms with Gasteiger partial charge < -0.3 is 9.74 Å². The normalized spacial score (nSPS) is 11.4. The second kappa shape index (κ2) is 6.54. The van der Waals surface area contributed by atoms with Gasteiger partial charge in [0.1, 0.15) is 0 Å². The molecule has 1 rings (SSSR count). The van der Waals surface area contributed by atoms with Crippen molar-refractivity contribution in [3.8, 4) is 0 Å². The molecule has 6 heteroatoms. The van der Waals surface area contributed by atoms with Crippen molar-refractivity contribution >= 4 is 37.5 Å². The lowest BCUT2D eigenvalue weighted by Crippen LogP contribution is -2.28. The summed E-state index contributed by atoms with van der Waals surface area (Å²) in [5.74, 6) is -0.889. The van der Waals surface area contributed by atoms with Crippen LogP contribution in [-0.2, 0) is 14.0 Å². The molecule has 0 aliphatic carbocycles. The number of hydrogen-bond donors (Lipinski definition) is 1. The van der Waals surface area contributed by atoms with Gasteiger partial charge in [0.2, 0.25) is 14.2 Å². The zero-order valence-electron chi connectivity index (χ0n) is 11.1. The van der Waals surface area contributed by atoms with Gasteiger partial charge in [-0.2, -0.15) is 0 Å². The average molecular weight is 298 g/mol. The van der Waals surface area contributed by atoms with Crippen molar-refractivity contribution in [1.82, 2.24) is 0 Å². The van der Waals surface area contributed by atoms with Gasteiger partial charge in [0.05, 0.1) is 0 Å². The van der Waals surface area contributed by atoms with E-state index in [-0.39, 0.29) is 0 Å². The predicted molar refractivity (Wildman–Crippen MR) is 78.7 cm³/mol. The molecular weight excluding hydrogens is 282 g/mol. The van der Waals surface area contributed by atoms with E-state index in [9.17, 15) is 9.59 Å². The smallest absolute Gasteiger partial charge is 0.317 e. The van der Waals surface area contributed by atoms with Crippen LogP contribution in [0.2, 0.25) is 24.7 Å². The number of anilines is 1. The number of rotatable bonds is 4. The Morgan fingerprint density at radius 1 is 1.16 bits per heavy atom. The molecule has 1 aromatic rings. The van der Waals surface area contributed by atoms with Gasteiger partial charge in [-0.3, -0.25) is 4.79 Å². The van der Waals surface area contributed by atoms with E-state index >= 15 is 0 Å². The highest BCUT2D eigenvalue weighted by Crippen LogP contribution is 2.13. The van der Waals surface area contributed by atoms with E-state index in [2.05, 4.69) is 5.32 Å². The van der Waals surface area contributed by atoms with Crippen LogP contribution in [0.5, 0.6) is 0 Å². The standard InChI is InChI=1S/C13H16ClNO3Si/c1-19(2,3)18-13(17)9-8-12(16)15-11-6-4-10(14)5-7-11/h4-9H,1-3H3,(H,15,16)/b9-8-. The van der Waals surface area contributed by atoms with Crippen LogP contribution in [0.15, 0.2) is 36.4 Å². The van der Waals surface area contributed by atoms with Crippen LogP contribution < -0.4 is 5.32 Å². The Morgan fingerprint density at radius 2 is 1.74 bits per heavy atom. The molecule has 0 radical (unpaired) electrons. The number of halogens is 1. The van der Waals surface area contributed by atoms with E-state index in [1.807, 2.05) is 19.6 Å². The molecule has 0 heterocycles. The molecule has 0 saturated heterocycles. The third-order valence-electron chi connectivity index (χ3n) is 1.89. The largest absolute Gasteiger partial charge is 0.517 e. The first-order valence-corrected chi connectivity index (χ1v) is 9.52. The fraction of sp³-hybridized carbons (Fsp3) is 0.231. The highest BCUT2D eigenvalue weighted by Gasteiger charge is 2.18. The fourth-order valence-corrected chi connectivity index (χ4v) is 1.99. The highest BCUT2D eigenvalue weighted by atomic mass is 35.5. The Bertz CT molecular complexity index is 492. The van der Waals surface area contributed by atoms with E-state index in [1.165, 1.54) is 0 Å². The van der Waals surface area contributed by atoms with Gasteiger partial charge in [0.25, 0.3) is 0 Å². The van der Waals surface area contributed by atoms with Crippen LogP contribution in [0.25, 0.3) is 0 Å². The van der Waals surface area contributed by atoms with E-state index in [0.29, 0.717) is 10.7 Å². The zero-order valence-corrected chi connectivity index (χ0v) is 12.8. The quantitative estimate of drug-likeness (QED) is 0.686. The van der Waals surface area contributed by atoms with E-state index < -0.39 is 20.2 Å². The molecule has 0 fully saturated rings. The van der Waals surface area contributed by atoms with Crippen LogP contribution in [0, 0.1) is 0 Å². The summed E-state index contributed by atoms with van der Waals surface area (Å²) >= 11 is 5.73. The molecule has 0 spiro atoms. The molecule has 102 valence electrons. The molecule has 0 aliphatic heterocycles. The van der Waals surface area contributed by atoms with Crippen molar-refractivity contribution < 1.29 is 14.0 Å². The molecule has 0 aromatic heterocycles. The predicted octanol–water partition coefficient (Wildman–Crippen LogP) is 3.21. The lowest BCUT2D eigenvalue weighted by atomic mass is 10.3.